The van der Waals surface area contributed by atoms with Gasteiger partial charge < -0.3 is 26.3 Å². The Labute approximate surface area is 188 Å². The van der Waals surface area contributed by atoms with Gasteiger partial charge in [-0.1, -0.05) is 13.8 Å². The van der Waals surface area contributed by atoms with Crippen molar-refractivity contribution < 1.29 is 19.1 Å². The number of Topliss-reactive ketones (excluding diaryl/α,β-unsaturated/α-hetero) is 1. The molecule has 0 atom stereocenters. The second-order valence-electron chi connectivity index (χ2n) is 8.79. The molecule has 174 valence electrons. The summed E-state index contributed by atoms with van der Waals surface area (Å²) >= 11 is 0. The summed E-state index contributed by atoms with van der Waals surface area (Å²) in [4.78, 5) is 24.6. The van der Waals surface area contributed by atoms with E-state index in [0.29, 0.717) is 62.8 Å². The number of anilines is 1. The molecule has 1 aliphatic rings. The summed E-state index contributed by atoms with van der Waals surface area (Å²) in [5, 5.41) is 7.87. The second-order valence-corrected chi connectivity index (χ2v) is 8.79. The zero-order chi connectivity index (χ0) is 23.3. The third-order valence-corrected chi connectivity index (χ3v) is 5.43. The van der Waals surface area contributed by atoms with Crippen LogP contribution in [0.4, 0.5) is 5.69 Å². The number of hydrogen-bond acceptors (Lipinski definition) is 7. The maximum absolute atomic E-state index is 12.7. The number of nitrogens with two attached hydrogens (primary N) is 2. The van der Waals surface area contributed by atoms with E-state index in [4.69, 9.17) is 20.9 Å². The first-order valence-electron chi connectivity index (χ1n) is 10.9. The van der Waals surface area contributed by atoms with Gasteiger partial charge in [-0.15, -0.1) is 0 Å². The molecule has 1 aliphatic carbocycles. The van der Waals surface area contributed by atoms with Crippen LogP contribution in [0.5, 0.6) is 0 Å². The molecule has 5 N–H and O–H groups in total. The number of benzene rings is 1. The van der Waals surface area contributed by atoms with Gasteiger partial charge in [0.05, 0.1) is 54.6 Å². The summed E-state index contributed by atoms with van der Waals surface area (Å²) in [7, 11) is 0. The number of nitrogens with zero attached hydrogens (tertiary/aromatic N) is 2. The van der Waals surface area contributed by atoms with Crippen molar-refractivity contribution in [3.63, 3.8) is 0 Å². The van der Waals surface area contributed by atoms with Crippen molar-refractivity contribution in [3.05, 3.63) is 40.7 Å². The molecule has 1 aromatic carbocycles. The van der Waals surface area contributed by atoms with Gasteiger partial charge in [-0.2, -0.15) is 5.10 Å². The lowest BCUT2D eigenvalue weighted by Gasteiger charge is -2.29. The highest BCUT2D eigenvalue weighted by atomic mass is 16.5. The fraction of sp³-hybridized carbons (Fsp3) is 0.522. The van der Waals surface area contributed by atoms with Gasteiger partial charge in [-0.05, 0) is 37.0 Å². The molecule has 1 amide bonds. The number of ether oxygens (including phenoxy) is 2. The number of hydrogen-bond donors (Lipinski definition) is 3. The van der Waals surface area contributed by atoms with Crippen LogP contribution in [0.1, 0.15) is 52.4 Å². The first-order valence-corrected chi connectivity index (χ1v) is 10.9. The molecule has 0 bridgehead atoms. The Hall–Kier alpha value is -2.75. The Morgan fingerprint density at radius 1 is 1.19 bits per heavy atom. The summed E-state index contributed by atoms with van der Waals surface area (Å²) in [6, 6.07) is 5.32. The van der Waals surface area contributed by atoms with Crippen LogP contribution < -0.4 is 16.8 Å². The van der Waals surface area contributed by atoms with Crippen LogP contribution in [0.3, 0.4) is 0 Å². The molecule has 0 unspecified atom stereocenters. The number of nitrogens with one attached hydrogen (secondary N) is 1. The third-order valence-electron chi connectivity index (χ3n) is 5.43. The van der Waals surface area contributed by atoms with Gasteiger partial charge in [0.15, 0.2) is 5.78 Å². The fourth-order valence-electron chi connectivity index (χ4n) is 4.04. The van der Waals surface area contributed by atoms with Crippen molar-refractivity contribution in [3.8, 4) is 5.69 Å². The number of carbonyl (C=O) groups is 2. The molecule has 1 aromatic heterocycles. The molecular weight excluding hydrogens is 410 g/mol. The van der Waals surface area contributed by atoms with Crippen molar-refractivity contribution in [1.82, 2.24) is 9.78 Å². The minimum Gasteiger partial charge on any atom is -0.382 e. The number of ketones is 1. The number of primary amides is 1. The number of aromatic nitrogens is 2. The maximum Gasteiger partial charge on any atom is 0.250 e. The number of carbonyl (C=O) groups excluding carboxylic acids is 2. The highest BCUT2D eigenvalue weighted by Gasteiger charge is 2.35. The molecule has 9 nitrogen and oxygen atoms in total. The molecule has 0 saturated heterocycles. The van der Waals surface area contributed by atoms with Crippen LogP contribution in [0.25, 0.3) is 5.69 Å². The largest absolute Gasteiger partial charge is 0.382 e. The number of aryl methyl sites for hydroxylation is 1. The minimum atomic E-state index is -0.523. The molecule has 3 rings (SSSR count). The lowest BCUT2D eigenvalue weighted by atomic mass is 9.75. The highest BCUT2D eigenvalue weighted by molar-refractivity contribution is 6.00. The highest BCUT2D eigenvalue weighted by Crippen LogP contribution is 2.37. The van der Waals surface area contributed by atoms with E-state index in [1.54, 1.807) is 12.1 Å². The molecule has 0 radical (unpaired) electrons. The van der Waals surface area contributed by atoms with E-state index in [1.807, 2.05) is 17.7 Å². The van der Waals surface area contributed by atoms with Gasteiger partial charge in [0, 0.05) is 25.2 Å². The smallest absolute Gasteiger partial charge is 0.250 e. The lowest BCUT2D eigenvalue weighted by Crippen LogP contribution is -2.28. The zero-order valence-corrected chi connectivity index (χ0v) is 19.1. The Balaban J connectivity index is 1.78. The first kappa shape index (κ1) is 23.9. The summed E-state index contributed by atoms with van der Waals surface area (Å²) in [5.74, 6) is -0.398. The molecule has 0 saturated carbocycles. The average Bonchev–Trinajstić information content (AvgIpc) is 3.04. The number of amides is 1. The second kappa shape index (κ2) is 10.2. The topological polar surface area (TPSA) is 134 Å². The van der Waals surface area contributed by atoms with E-state index >= 15 is 0 Å². The van der Waals surface area contributed by atoms with Crippen LogP contribution in [-0.4, -0.2) is 61.0 Å². The Morgan fingerprint density at radius 3 is 2.59 bits per heavy atom. The molecular formula is C23H33N5O4. The van der Waals surface area contributed by atoms with E-state index < -0.39 is 5.91 Å². The van der Waals surface area contributed by atoms with E-state index in [9.17, 15) is 9.59 Å². The standard InChI is InChI=1S/C23H33N5O4/c1-15-21-19(13-23(2,3)14-20(21)29)28(27-15)16-4-5-17(22(25)30)18(12-16)26-7-9-32-11-10-31-8-6-24/h4-5,12,26H,6-11,13-14,24H2,1-3H3,(H2,25,30). The van der Waals surface area contributed by atoms with Gasteiger partial charge in [0.1, 0.15) is 0 Å². The number of fused-ring (bicyclic) bond motifs is 1. The molecule has 0 fully saturated rings. The van der Waals surface area contributed by atoms with Crippen LogP contribution in [0.15, 0.2) is 18.2 Å². The molecule has 1 heterocycles. The quantitative estimate of drug-likeness (QED) is 0.451. The van der Waals surface area contributed by atoms with Crippen LogP contribution in [0, 0.1) is 12.3 Å². The maximum atomic E-state index is 12.7. The average molecular weight is 444 g/mol. The Morgan fingerprint density at radius 2 is 1.91 bits per heavy atom. The first-order chi connectivity index (χ1) is 15.2. The van der Waals surface area contributed by atoms with E-state index in [-0.39, 0.29) is 11.2 Å². The monoisotopic (exact) mass is 443 g/mol. The minimum absolute atomic E-state index is 0.125. The van der Waals surface area contributed by atoms with Gasteiger partial charge in [0.2, 0.25) is 0 Å². The summed E-state index contributed by atoms with van der Waals surface area (Å²) in [5.41, 5.74) is 14.9. The summed E-state index contributed by atoms with van der Waals surface area (Å²) in [6.07, 6.45) is 1.26. The normalized spacial score (nSPS) is 14.9. The van der Waals surface area contributed by atoms with Gasteiger partial charge in [0.25, 0.3) is 5.91 Å². The van der Waals surface area contributed by atoms with E-state index in [1.165, 1.54) is 0 Å². The molecule has 9 heteroatoms. The van der Waals surface area contributed by atoms with Crippen molar-refractivity contribution in [2.24, 2.45) is 16.9 Å². The molecule has 2 aromatic rings. The van der Waals surface area contributed by atoms with Crippen LogP contribution >= 0.6 is 0 Å². The fourth-order valence-corrected chi connectivity index (χ4v) is 4.04. The number of rotatable bonds is 11. The summed E-state index contributed by atoms with van der Waals surface area (Å²) in [6.45, 7) is 8.90. The zero-order valence-electron chi connectivity index (χ0n) is 19.1. The van der Waals surface area contributed by atoms with Gasteiger partial charge in [-0.25, -0.2) is 4.68 Å². The van der Waals surface area contributed by atoms with Gasteiger partial charge >= 0.3 is 0 Å². The van der Waals surface area contributed by atoms with Crippen molar-refractivity contribution in [1.29, 1.82) is 0 Å². The van der Waals surface area contributed by atoms with Crippen LogP contribution in [-0.2, 0) is 15.9 Å². The summed E-state index contributed by atoms with van der Waals surface area (Å²) < 4.78 is 12.6. The SMILES string of the molecule is Cc1nn(-c2ccc(C(N)=O)c(NCCOCCOCCN)c2)c2c1C(=O)CC(C)(C)C2. The van der Waals surface area contributed by atoms with Crippen molar-refractivity contribution in [2.45, 2.75) is 33.6 Å². The predicted molar refractivity (Wildman–Crippen MR) is 122 cm³/mol. The Bertz CT molecular complexity index is 983. The Kier molecular flexibility index (Phi) is 7.65. The lowest BCUT2D eigenvalue weighted by molar-refractivity contribution is 0.0547. The van der Waals surface area contributed by atoms with Gasteiger partial charge in [-0.3, -0.25) is 9.59 Å². The third kappa shape index (κ3) is 5.53. The van der Waals surface area contributed by atoms with E-state index in [0.717, 1.165) is 23.5 Å². The van der Waals surface area contributed by atoms with E-state index in [2.05, 4.69) is 24.3 Å². The molecule has 0 spiro atoms. The molecule has 32 heavy (non-hydrogen) atoms. The predicted octanol–water partition coefficient (Wildman–Crippen LogP) is 1.84. The van der Waals surface area contributed by atoms with Crippen LogP contribution in [0.2, 0.25) is 0 Å². The van der Waals surface area contributed by atoms with Crippen molar-refractivity contribution in [2.75, 3.05) is 44.8 Å². The molecule has 0 aliphatic heterocycles. The van der Waals surface area contributed by atoms with Crippen molar-refractivity contribution >= 4 is 17.4 Å².